The molecule has 1 saturated heterocycles. The maximum atomic E-state index is 6.37. The van der Waals surface area contributed by atoms with Crippen LogP contribution >= 0.6 is 27.5 Å². The van der Waals surface area contributed by atoms with Crippen LogP contribution in [0.3, 0.4) is 0 Å². The Bertz CT molecular complexity index is 458. The summed E-state index contributed by atoms with van der Waals surface area (Å²) in [6.07, 6.45) is 2.53. The monoisotopic (exact) mass is 374 g/mol. The molecule has 1 aromatic carbocycles. The fraction of sp³-hybridized carbons (Fsp3) is 0.625. The largest absolute Gasteiger partial charge is 0.376 e. The van der Waals surface area contributed by atoms with E-state index in [4.69, 9.17) is 16.3 Å². The lowest BCUT2D eigenvalue weighted by Gasteiger charge is -2.33. The van der Waals surface area contributed by atoms with Crippen LogP contribution in [0.2, 0.25) is 5.02 Å². The summed E-state index contributed by atoms with van der Waals surface area (Å²) in [5, 5.41) is 4.20. The Balaban J connectivity index is 1.93. The smallest absolute Gasteiger partial charge is 0.0700 e. The van der Waals surface area contributed by atoms with Crippen molar-refractivity contribution in [1.82, 2.24) is 10.2 Å². The van der Waals surface area contributed by atoms with Crippen molar-refractivity contribution in [3.8, 4) is 0 Å². The lowest BCUT2D eigenvalue weighted by molar-refractivity contribution is -0.0304. The molecule has 0 radical (unpaired) electrons. The molecule has 0 aromatic heterocycles. The van der Waals surface area contributed by atoms with Crippen LogP contribution in [-0.4, -0.2) is 44.3 Å². The van der Waals surface area contributed by atoms with Gasteiger partial charge in [-0.05, 0) is 37.6 Å². The van der Waals surface area contributed by atoms with Gasteiger partial charge < -0.3 is 10.1 Å². The quantitative estimate of drug-likeness (QED) is 0.817. The second-order valence-electron chi connectivity index (χ2n) is 5.50. The van der Waals surface area contributed by atoms with Crippen molar-refractivity contribution in [2.75, 3.05) is 33.3 Å². The van der Waals surface area contributed by atoms with Gasteiger partial charge in [0.2, 0.25) is 0 Å². The number of benzene rings is 1. The Morgan fingerprint density at radius 1 is 1.52 bits per heavy atom. The molecule has 1 aliphatic rings. The molecule has 2 rings (SSSR count). The molecule has 3 nitrogen and oxygen atoms in total. The number of nitrogens with one attached hydrogen (secondary N) is 1. The molecule has 1 aromatic rings. The second-order valence-corrected chi connectivity index (χ2v) is 6.82. The maximum absolute atomic E-state index is 6.37. The molecular formula is C16H24BrClN2O. The molecule has 0 spiro atoms. The lowest BCUT2D eigenvalue weighted by atomic mass is 10.0. The van der Waals surface area contributed by atoms with Gasteiger partial charge in [-0.3, -0.25) is 4.90 Å². The van der Waals surface area contributed by atoms with Crippen LogP contribution in [0.5, 0.6) is 0 Å². The fourth-order valence-corrected chi connectivity index (χ4v) is 3.59. The fourth-order valence-electron chi connectivity index (χ4n) is 2.78. The van der Waals surface area contributed by atoms with Crippen LogP contribution in [0, 0.1) is 0 Å². The Labute approximate surface area is 141 Å². The minimum absolute atomic E-state index is 0.286. The Hall–Kier alpha value is -0.130. The minimum Gasteiger partial charge on any atom is -0.376 e. The highest BCUT2D eigenvalue weighted by Gasteiger charge is 2.20. The SMILES string of the molecule is CCC1CN(CCC(NC)c2ccc(Br)cc2Cl)CCO1. The van der Waals surface area contributed by atoms with E-state index in [2.05, 4.69) is 39.1 Å². The van der Waals surface area contributed by atoms with E-state index in [1.54, 1.807) is 0 Å². The van der Waals surface area contributed by atoms with Gasteiger partial charge in [0, 0.05) is 35.2 Å². The number of rotatable bonds is 6. The molecule has 1 N–H and O–H groups in total. The van der Waals surface area contributed by atoms with Gasteiger partial charge in [-0.15, -0.1) is 0 Å². The molecule has 2 unspecified atom stereocenters. The van der Waals surface area contributed by atoms with Gasteiger partial charge in [-0.25, -0.2) is 0 Å². The predicted molar refractivity (Wildman–Crippen MR) is 92.0 cm³/mol. The summed E-state index contributed by atoms with van der Waals surface area (Å²) in [6.45, 7) is 6.17. The molecule has 1 fully saturated rings. The number of hydrogen-bond acceptors (Lipinski definition) is 3. The topological polar surface area (TPSA) is 24.5 Å². The van der Waals surface area contributed by atoms with Crippen molar-refractivity contribution < 1.29 is 4.74 Å². The third-order valence-corrected chi connectivity index (χ3v) is 4.92. The third kappa shape index (κ3) is 4.93. The van der Waals surface area contributed by atoms with Crippen LogP contribution in [0.25, 0.3) is 0 Å². The van der Waals surface area contributed by atoms with Crippen molar-refractivity contribution in [1.29, 1.82) is 0 Å². The molecule has 21 heavy (non-hydrogen) atoms. The van der Waals surface area contributed by atoms with Gasteiger partial charge in [-0.2, -0.15) is 0 Å². The summed E-state index contributed by atoms with van der Waals surface area (Å²) in [5.74, 6) is 0. The molecule has 0 saturated carbocycles. The van der Waals surface area contributed by atoms with Crippen molar-refractivity contribution in [2.45, 2.75) is 31.9 Å². The van der Waals surface area contributed by atoms with E-state index in [-0.39, 0.29) is 6.04 Å². The summed E-state index contributed by atoms with van der Waals surface area (Å²) < 4.78 is 6.74. The van der Waals surface area contributed by atoms with Crippen molar-refractivity contribution >= 4 is 27.5 Å². The molecule has 118 valence electrons. The lowest BCUT2D eigenvalue weighted by Crippen LogP contribution is -2.43. The molecular weight excluding hydrogens is 352 g/mol. The van der Waals surface area contributed by atoms with Crippen molar-refractivity contribution in [2.24, 2.45) is 0 Å². The summed E-state index contributed by atoms with van der Waals surface area (Å²) in [5.41, 5.74) is 1.17. The van der Waals surface area contributed by atoms with E-state index in [0.29, 0.717) is 6.10 Å². The van der Waals surface area contributed by atoms with E-state index in [1.165, 1.54) is 5.56 Å². The van der Waals surface area contributed by atoms with Gasteiger partial charge >= 0.3 is 0 Å². The van der Waals surface area contributed by atoms with Crippen LogP contribution < -0.4 is 5.32 Å². The summed E-state index contributed by atoms with van der Waals surface area (Å²) in [7, 11) is 2.00. The van der Waals surface area contributed by atoms with Crippen LogP contribution in [0.15, 0.2) is 22.7 Å². The molecule has 0 bridgehead atoms. The average molecular weight is 376 g/mol. The third-order valence-electron chi connectivity index (χ3n) is 4.10. The van der Waals surface area contributed by atoms with Crippen molar-refractivity contribution in [3.05, 3.63) is 33.3 Å². The molecule has 0 amide bonds. The standard InChI is InChI=1S/C16H24BrClN2O/c1-3-13-11-20(8-9-21-13)7-6-16(19-2)14-5-4-12(17)10-15(14)18/h4-5,10,13,16,19H,3,6-9,11H2,1-2H3. The first-order valence-corrected chi connectivity index (χ1v) is 8.77. The second kappa shape index (κ2) is 8.49. The van der Waals surface area contributed by atoms with E-state index < -0.39 is 0 Å². The van der Waals surface area contributed by atoms with Crippen LogP contribution in [0.4, 0.5) is 0 Å². The number of morpholine rings is 1. The molecule has 1 aliphatic heterocycles. The maximum Gasteiger partial charge on any atom is 0.0700 e. The number of halogens is 2. The molecule has 2 atom stereocenters. The van der Waals surface area contributed by atoms with Crippen molar-refractivity contribution in [3.63, 3.8) is 0 Å². The molecule has 5 heteroatoms. The van der Waals surface area contributed by atoms with E-state index in [9.17, 15) is 0 Å². The van der Waals surface area contributed by atoms with E-state index in [1.807, 2.05) is 19.2 Å². The Morgan fingerprint density at radius 3 is 3.00 bits per heavy atom. The summed E-state index contributed by atoms with van der Waals surface area (Å²) >= 11 is 9.82. The zero-order chi connectivity index (χ0) is 15.2. The van der Waals surface area contributed by atoms with Gasteiger partial charge in [0.1, 0.15) is 0 Å². The molecule has 0 aliphatic carbocycles. The van der Waals surface area contributed by atoms with E-state index >= 15 is 0 Å². The average Bonchev–Trinajstić information content (AvgIpc) is 2.49. The summed E-state index contributed by atoms with van der Waals surface area (Å²) in [4.78, 5) is 2.49. The zero-order valence-electron chi connectivity index (χ0n) is 12.7. The van der Waals surface area contributed by atoms with Gasteiger partial charge in [0.05, 0.1) is 12.7 Å². The highest BCUT2D eigenvalue weighted by molar-refractivity contribution is 9.10. The van der Waals surface area contributed by atoms with Crippen LogP contribution in [-0.2, 0) is 4.74 Å². The number of hydrogen-bond donors (Lipinski definition) is 1. The van der Waals surface area contributed by atoms with Gasteiger partial charge in [-0.1, -0.05) is 40.5 Å². The first-order chi connectivity index (χ1) is 10.1. The van der Waals surface area contributed by atoms with E-state index in [0.717, 1.165) is 48.6 Å². The van der Waals surface area contributed by atoms with Gasteiger partial charge in [0.15, 0.2) is 0 Å². The molecule has 1 heterocycles. The van der Waals surface area contributed by atoms with Gasteiger partial charge in [0.25, 0.3) is 0 Å². The normalized spacial score (nSPS) is 21.4. The Kier molecular flexibility index (Phi) is 6.96. The first-order valence-electron chi connectivity index (χ1n) is 7.60. The number of nitrogens with zero attached hydrogens (tertiary/aromatic N) is 1. The number of ether oxygens (including phenoxy) is 1. The minimum atomic E-state index is 0.286. The first kappa shape index (κ1) is 17.2. The highest BCUT2D eigenvalue weighted by atomic mass is 79.9. The Morgan fingerprint density at radius 2 is 2.33 bits per heavy atom. The summed E-state index contributed by atoms with van der Waals surface area (Å²) in [6, 6.07) is 6.40. The predicted octanol–water partition coefficient (Wildman–Crippen LogP) is 3.86. The highest BCUT2D eigenvalue weighted by Crippen LogP contribution is 2.28. The zero-order valence-corrected chi connectivity index (χ0v) is 15.1. The van der Waals surface area contributed by atoms with Crippen LogP contribution in [0.1, 0.15) is 31.4 Å².